The summed E-state index contributed by atoms with van der Waals surface area (Å²) < 4.78 is 47.0. The Morgan fingerprint density at radius 3 is 2.74 bits per heavy atom. The Morgan fingerprint density at radius 2 is 1.97 bits per heavy atom. The van der Waals surface area contributed by atoms with Gasteiger partial charge in [-0.3, -0.25) is 4.79 Å². The van der Waals surface area contributed by atoms with E-state index in [0.29, 0.717) is 11.4 Å². The van der Waals surface area contributed by atoms with E-state index < -0.39 is 12.5 Å². The predicted octanol–water partition coefficient (Wildman–Crippen LogP) is 5.12. The molecule has 2 aliphatic heterocycles. The second-order valence-electron chi connectivity index (χ2n) is 8.85. The molecule has 2 N–H and O–H groups in total. The van der Waals surface area contributed by atoms with Crippen molar-refractivity contribution in [3.8, 4) is 11.5 Å². The summed E-state index contributed by atoms with van der Waals surface area (Å²) in [4.78, 5) is 15.4. The smallest absolute Gasteiger partial charge is 0.477 e. The SMILES string of the molecule is Cc1ccc(NC(=O)C2CNc3cc(OC(F)(F)F)ccc3O2)c(CCCN2CCCCC2)c1. The van der Waals surface area contributed by atoms with Crippen LogP contribution in [-0.4, -0.2) is 49.5 Å². The Hall–Kier alpha value is -2.94. The van der Waals surface area contributed by atoms with Crippen molar-refractivity contribution in [3.05, 3.63) is 47.5 Å². The number of fused-ring (bicyclic) bond motifs is 1. The Bertz CT molecular complexity index is 1010. The van der Waals surface area contributed by atoms with E-state index in [1.807, 2.05) is 19.1 Å². The number of carbonyl (C=O) groups is 1. The number of carbonyl (C=O) groups excluding carboxylic acids is 1. The fourth-order valence-electron chi connectivity index (χ4n) is 4.43. The molecule has 2 aliphatic rings. The van der Waals surface area contributed by atoms with Crippen molar-refractivity contribution >= 4 is 17.3 Å². The first-order valence-electron chi connectivity index (χ1n) is 11.7. The number of benzene rings is 2. The number of piperidine rings is 1. The Balaban J connectivity index is 1.36. The number of aryl methyl sites for hydroxylation is 2. The maximum absolute atomic E-state index is 12.9. The highest BCUT2D eigenvalue weighted by Gasteiger charge is 2.32. The molecule has 6 nitrogen and oxygen atoms in total. The van der Waals surface area contributed by atoms with Crippen LogP contribution in [0.4, 0.5) is 24.5 Å². The zero-order valence-electron chi connectivity index (χ0n) is 19.2. The van der Waals surface area contributed by atoms with E-state index in [2.05, 4.69) is 26.3 Å². The highest BCUT2D eigenvalue weighted by Crippen LogP contribution is 2.35. The van der Waals surface area contributed by atoms with E-state index in [4.69, 9.17) is 4.74 Å². The summed E-state index contributed by atoms with van der Waals surface area (Å²) in [5.41, 5.74) is 3.33. The summed E-state index contributed by atoms with van der Waals surface area (Å²) in [6, 6.07) is 9.70. The van der Waals surface area contributed by atoms with Crippen LogP contribution in [0.2, 0.25) is 0 Å². The number of hydrogen-bond donors (Lipinski definition) is 2. The molecule has 2 heterocycles. The lowest BCUT2D eigenvalue weighted by Gasteiger charge is -2.27. The number of hydrogen-bond acceptors (Lipinski definition) is 5. The Morgan fingerprint density at radius 1 is 1.18 bits per heavy atom. The molecule has 1 saturated heterocycles. The number of rotatable bonds is 7. The Kier molecular flexibility index (Phi) is 7.50. The molecule has 2 aromatic carbocycles. The zero-order valence-corrected chi connectivity index (χ0v) is 19.2. The van der Waals surface area contributed by atoms with Crippen molar-refractivity contribution in [1.82, 2.24) is 4.90 Å². The molecule has 4 rings (SSSR count). The molecular weight excluding hydrogens is 447 g/mol. The third kappa shape index (κ3) is 6.56. The van der Waals surface area contributed by atoms with Gasteiger partial charge in [0.05, 0.1) is 12.2 Å². The molecule has 1 atom stereocenters. The zero-order chi connectivity index (χ0) is 24.1. The second kappa shape index (κ2) is 10.5. The fourth-order valence-corrected chi connectivity index (χ4v) is 4.43. The van der Waals surface area contributed by atoms with Crippen LogP contribution in [0, 0.1) is 6.92 Å². The van der Waals surface area contributed by atoms with E-state index in [1.54, 1.807) is 0 Å². The summed E-state index contributed by atoms with van der Waals surface area (Å²) in [5.74, 6) is -0.361. The highest BCUT2D eigenvalue weighted by molar-refractivity contribution is 5.96. The van der Waals surface area contributed by atoms with Gasteiger partial charge in [0.1, 0.15) is 11.5 Å². The molecular formula is C25H30F3N3O3. The van der Waals surface area contributed by atoms with Crippen LogP contribution >= 0.6 is 0 Å². The Labute approximate surface area is 197 Å². The van der Waals surface area contributed by atoms with Crippen molar-refractivity contribution in [3.63, 3.8) is 0 Å². The van der Waals surface area contributed by atoms with E-state index >= 15 is 0 Å². The van der Waals surface area contributed by atoms with Crippen molar-refractivity contribution in [2.75, 3.05) is 36.8 Å². The molecule has 0 spiro atoms. The summed E-state index contributed by atoms with van der Waals surface area (Å²) in [5, 5.41) is 5.94. The molecule has 1 fully saturated rings. The van der Waals surface area contributed by atoms with Gasteiger partial charge in [-0.15, -0.1) is 13.2 Å². The molecule has 2 aromatic rings. The van der Waals surface area contributed by atoms with E-state index in [1.165, 1.54) is 31.4 Å². The van der Waals surface area contributed by atoms with Gasteiger partial charge < -0.3 is 25.0 Å². The molecule has 1 amide bonds. The number of halogens is 3. The minimum Gasteiger partial charge on any atom is -0.477 e. The maximum atomic E-state index is 12.9. The van der Waals surface area contributed by atoms with Crippen LogP contribution in [0.5, 0.6) is 11.5 Å². The first-order chi connectivity index (χ1) is 16.3. The molecule has 0 saturated carbocycles. The topological polar surface area (TPSA) is 62.8 Å². The summed E-state index contributed by atoms with van der Waals surface area (Å²) in [7, 11) is 0. The summed E-state index contributed by atoms with van der Waals surface area (Å²) >= 11 is 0. The van der Waals surface area contributed by atoms with Crippen molar-refractivity contribution in [1.29, 1.82) is 0 Å². The number of anilines is 2. The lowest BCUT2D eigenvalue weighted by Crippen LogP contribution is -2.41. The van der Waals surface area contributed by atoms with Gasteiger partial charge >= 0.3 is 6.36 Å². The molecule has 0 radical (unpaired) electrons. The number of likely N-dealkylation sites (tertiary alicyclic amines) is 1. The average molecular weight is 478 g/mol. The third-order valence-electron chi connectivity index (χ3n) is 6.11. The fraction of sp³-hybridized carbons (Fsp3) is 0.480. The largest absolute Gasteiger partial charge is 0.573 e. The standard InChI is InChI=1S/C25H30F3N3O3/c1-17-7-9-20(18(14-17)6-5-13-31-11-3-2-4-12-31)30-24(32)23-16-29-21-15-19(34-25(26,27)28)8-10-22(21)33-23/h7-10,14-15,23,29H,2-6,11-13,16H2,1H3,(H,30,32). The summed E-state index contributed by atoms with van der Waals surface area (Å²) in [6.45, 7) is 5.53. The summed E-state index contributed by atoms with van der Waals surface area (Å²) in [6.07, 6.45) is 0.138. The number of nitrogens with one attached hydrogen (secondary N) is 2. The second-order valence-corrected chi connectivity index (χ2v) is 8.85. The number of alkyl halides is 3. The van der Waals surface area contributed by atoms with Gasteiger partial charge in [0.15, 0.2) is 6.10 Å². The van der Waals surface area contributed by atoms with Gasteiger partial charge in [0, 0.05) is 11.8 Å². The van der Waals surface area contributed by atoms with Crippen molar-refractivity contribution in [2.45, 2.75) is 51.5 Å². The molecule has 184 valence electrons. The van der Waals surface area contributed by atoms with Gasteiger partial charge in [-0.2, -0.15) is 0 Å². The monoisotopic (exact) mass is 477 g/mol. The van der Waals surface area contributed by atoms with E-state index in [-0.39, 0.29) is 18.2 Å². The van der Waals surface area contributed by atoms with Crippen LogP contribution in [-0.2, 0) is 11.2 Å². The third-order valence-corrected chi connectivity index (χ3v) is 6.11. The normalized spacial score (nSPS) is 18.4. The van der Waals surface area contributed by atoms with E-state index in [9.17, 15) is 18.0 Å². The lowest BCUT2D eigenvalue weighted by atomic mass is 10.0. The maximum Gasteiger partial charge on any atom is 0.573 e. The van der Waals surface area contributed by atoms with Crippen molar-refractivity contribution in [2.24, 2.45) is 0 Å². The number of nitrogens with zero attached hydrogens (tertiary/aromatic N) is 1. The van der Waals surface area contributed by atoms with Crippen LogP contribution in [0.3, 0.4) is 0 Å². The highest BCUT2D eigenvalue weighted by atomic mass is 19.4. The molecule has 0 aromatic heterocycles. The van der Waals surface area contributed by atoms with Gasteiger partial charge in [-0.25, -0.2) is 0 Å². The number of ether oxygens (including phenoxy) is 2. The molecule has 9 heteroatoms. The average Bonchev–Trinajstić information content (AvgIpc) is 2.80. The van der Waals surface area contributed by atoms with Crippen LogP contribution < -0.4 is 20.1 Å². The van der Waals surface area contributed by atoms with Crippen molar-refractivity contribution < 1.29 is 27.4 Å². The molecule has 0 bridgehead atoms. The molecule has 34 heavy (non-hydrogen) atoms. The van der Waals surface area contributed by atoms with Crippen LogP contribution in [0.15, 0.2) is 36.4 Å². The lowest BCUT2D eigenvalue weighted by molar-refractivity contribution is -0.274. The predicted molar refractivity (Wildman–Crippen MR) is 124 cm³/mol. The van der Waals surface area contributed by atoms with Gasteiger partial charge in [0.2, 0.25) is 0 Å². The minimum atomic E-state index is -4.77. The first kappa shape index (κ1) is 24.2. The quantitative estimate of drug-likeness (QED) is 0.579. The number of amides is 1. The van der Waals surface area contributed by atoms with Gasteiger partial charge in [0.25, 0.3) is 5.91 Å². The first-order valence-corrected chi connectivity index (χ1v) is 11.7. The van der Waals surface area contributed by atoms with Gasteiger partial charge in [-0.1, -0.05) is 24.1 Å². The van der Waals surface area contributed by atoms with Crippen LogP contribution in [0.1, 0.15) is 36.8 Å². The molecule has 1 unspecified atom stereocenters. The molecule has 0 aliphatic carbocycles. The minimum absolute atomic E-state index is 0.129. The van der Waals surface area contributed by atoms with Crippen LogP contribution in [0.25, 0.3) is 0 Å². The van der Waals surface area contributed by atoms with Gasteiger partial charge in [-0.05, 0) is 76.0 Å². The van der Waals surface area contributed by atoms with E-state index in [0.717, 1.165) is 55.4 Å².